The number of rotatable bonds is 2. The molecule has 1 aromatic carbocycles. The fourth-order valence-corrected chi connectivity index (χ4v) is 3.93. The average Bonchev–Trinajstić information content (AvgIpc) is 3.13. The molecule has 1 aliphatic heterocycles. The highest BCUT2D eigenvalue weighted by Crippen LogP contribution is 2.53. The van der Waals surface area contributed by atoms with E-state index in [9.17, 15) is 14.4 Å². The number of nitrogens with zero attached hydrogens (tertiary/aromatic N) is 1. The Morgan fingerprint density at radius 3 is 2.00 bits per heavy atom. The van der Waals surface area contributed by atoms with Gasteiger partial charge < -0.3 is 5.73 Å². The van der Waals surface area contributed by atoms with Crippen molar-refractivity contribution < 1.29 is 14.4 Å². The molecule has 21 heavy (non-hydrogen) atoms. The van der Waals surface area contributed by atoms with E-state index in [-0.39, 0.29) is 35.5 Å². The number of carbonyl (C=O) groups is 3. The van der Waals surface area contributed by atoms with E-state index >= 15 is 0 Å². The van der Waals surface area contributed by atoms with Crippen LogP contribution in [0.5, 0.6) is 0 Å². The number of imide groups is 1. The van der Waals surface area contributed by atoms with Crippen molar-refractivity contribution >= 4 is 23.4 Å². The molecule has 3 amide bonds. The predicted octanol–water partition coefficient (Wildman–Crippen LogP) is 1.10. The molecule has 0 unspecified atom stereocenters. The van der Waals surface area contributed by atoms with Gasteiger partial charge >= 0.3 is 0 Å². The number of allylic oxidation sites excluding steroid dienone is 2. The molecule has 1 saturated heterocycles. The molecule has 106 valence electrons. The second kappa shape index (κ2) is 4.04. The zero-order chi connectivity index (χ0) is 14.7. The minimum absolute atomic E-state index is 0.117. The molecule has 4 rings (SSSR count). The Morgan fingerprint density at radius 2 is 1.52 bits per heavy atom. The van der Waals surface area contributed by atoms with Crippen molar-refractivity contribution in [3.05, 3.63) is 42.0 Å². The lowest BCUT2D eigenvalue weighted by Crippen LogP contribution is -2.32. The third kappa shape index (κ3) is 1.54. The highest BCUT2D eigenvalue weighted by atomic mass is 16.2. The molecule has 1 aromatic rings. The van der Waals surface area contributed by atoms with Crippen LogP contribution in [0.25, 0.3) is 0 Å². The van der Waals surface area contributed by atoms with Gasteiger partial charge in [-0.2, -0.15) is 0 Å². The highest BCUT2D eigenvalue weighted by molar-refractivity contribution is 6.22. The molecule has 0 radical (unpaired) electrons. The molecule has 1 heterocycles. The van der Waals surface area contributed by atoms with E-state index in [2.05, 4.69) is 12.2 Å². The maximum atomic E-state index is 12.6. The lowest BCUT2D eigenvalue weighted by Gasteiger charge is -2.17. The summed E-state index contributed by atoms with van der Waals surface area (Å²) in [5.41, 5.74) is 6.07. The van der Waals surface area contributed by atoms with Crippen molar-refractivity contribution in [2.75, 3.05) is 4.90 Å². The van der Waals surface area contributed by atoms with Crippen LogP contribution in [0.2, 0.25) is 0 Å². The van der Waals surface area contributed by atoms with Crippen LogP contribution in [0.4, 0.5) is 5.69 Å². The molecule has 2 bridgehead atoms. The topological polar surface area (TPSA) is 80.5 Å². The summed E-state index contributed by atoms with van der Waals surface area (Å²) in [7, 11) is 0. The van der Waals surface area contributed by atoms with Crippen molar-refractivity contribution in [3.63, 3.8) is 0 Å². The van der Waals surface area contributed by atoms with E-state index in [1.807, 2.05) is 0 Å². The van der Waals surface area contributed by atoms with Gasteiger partial charge in [-0.3, -0.25) is 19.3 Å². The predicted molar refractivity (Wildman–Crippen MR) is 75.2 cm³/mol. The Labute approximate surface area is 121 Å². The Bertz CT molecular complexity index is 662. The smallest absolute Gasteiger partial charge is 0.248 e. The van der Waals surface area contributed by atoms with E-state index < -0.39 is 5.91 Å². The number of hydrogen-bond donors (Lipinski definition) is 1. The first-order valence-corrected chi connectivity index (χ1v) is 7.04. The highest BCUT2D eigenvalue weighted by Gasteiger charge is 2.59. The van der Waals surface area contributed by atoms with Crippen LogP contribution < -0.4 is 10.6 Å². The zero-order valence-corrected chi connectivity index (χ0v) is 11.2. The van der Waals surface area contributed by atoms with Gasteiger partial charge in [-0.05, 0) is 42.5 Å². The summed E-state index contributed by atoms with van der Waals surface area (Å²) >= 11 is 0. The molecule has 0 spiro atoms. The largest absolute Gasteiger partial charge is 0.366 e. The fourth-order valence-electron chi connectivity index (χ4n) is 3.93. The molecule has 4 atom stereocenters. The van der Waals surface area contributed by atoms with E-state index in [1.165, 1.54) is 4.90 Å². The van der Waals surface area contributed by atoms with Gasteiger partial charge in [0.15, 0.2) is 0 Å². The van der Waals surface area contributed by atoms with Crippen LogP contribution in [-0.4, -0.2) is 17.7 Å². The fraction of sp³-hybridized carbons (Fsp3) is 0.312. The van der Waals surface area contributed by atoms with E-state index in [0.717, 1.165) is 6.42 Å². The zero-order valence-electron chi connectivity index (χ0n) is 11.2. The molecule has 0 aromatic heterocycles. The third-order valence-corrected chi connectivity index (χ3v) is 4.88. The van der Waals surface area contributed by atoms with E-state index in [4.69, 9.17) is 5.73 Å². The van der Waals surface area contributed by atoms with Crippen LogP contribution in [-0.2, 0) is 9.59 Å². The summed E-state index contributed by atoms with van der Waals surface area (Å²) < 4.78 is 0. The molecule has 2 fully saturated rings. The van der Waals surface area contributed by atoms with Crippen LogP contribution in [0.1, 0.15) is 16.8 Å². The van der Waals surface area contributed by atoms with Gasteiger partial charge in [0.2, 0.25) is 17.7 Å². The van der Waals surface area contributed by atoms with Crippen LogP contribution >= 0.6 is 0 Å². The first-order chi connectivity index (χ1) is 10.1. The maximum Gasteiger partial charge on any atom is 0.248 e. The molecular formula is C16H14N2O3. The Kier molecular flexibility index (Phi) is 2.37. The van der Waals surface area contributed by atoms with Gasteiger partial charge in [0, 0.05) is 5.56 Å². The number of benzene rings is 1. The molecule has 3 aliphatic rings. The lowest BCUT2D eigenvalue weighted by molar-refractivity contribution is -0.123. The van der Waals surface area contributed by atoms with Gasteiger partial charge in [0.1, 0.15) is 0 Å². The number of fused-ring (bicyclic) bond motifs is 5. The van der Waals surface area contributed by atoms with E-state index in [0.29, 0.717) is 11.3 Å². The number of amides is 3. The molecule has 5 nitrogen and oxygen atoms in total. The lowest BCUT2D eigenvalue weighted by atomic mass is 9.85. The van der Waals surface area contributed by atoms with Crippen molar-refractivity contribution in [2.24, 2.45) is 29.4 Å². The summed E-state index contributed by atoms with van der Waals surface area (Å²) in [4.78, 5) is 37.5. The van der Waals surface area contributed by atoms with Crippen molar-refractivity contribution in [3.8, 4) is 0 Å². The SMILES string of the molecule is NC(=O)c1ccc(N2C(=O)[C@@H]3[C@H](C2=O)[C@@H]2C=C[C@H]3C2)cc1. The Balaban J connectivity index is 1.69. The summed E-state index contributed by atoms with van der Waals surface area (Å²) in [6.45, 7) is 0. The van der Waals surface area contributed by atoms with Crippen molar-refractivity contribution in [2.45, 2.75) is 6.42 Å². The second-order valence-corrected chi connectivity index (χ2v) is 5.92. The second-order valence-electron chi connectivity index (χ2n) is 5.92. The van der Waals surface area contributed by atoms with Crippen molar-refractivity contribution in [1.29, 1.82) is 0 Å². The first-order valence-electron chi connectivity index (χ1n) is 7.04. The molecule has 1 saturated carbocycles. The van der Waals surface area contributed by atoms with E-state index in [1.54, 1.807) is 24.3 Å². The summed E-state index contributed by atoms with van der Waals surface area (Å²) in [6.07, 6.45) is 5.05. The summed E-state index contributed by atoms with van der Waals surface area (Å²) in [5.74, 6) is -0.772. The number of nitrogens with two attached hydrogens (primary N) is 1. The summed E-state index contributed by atoms with van der Waals surface area (Å²) in [5, 5.41) is 0. The average molecular weight is 282 g/mol. The number of anilines is 1. The molecule has 2 N–H and O–H groups in total. The quantitative estimate of drug-likeness (QED) is 0.651. The number of carbonyl (C=O) groups excluding carboxylic acids is 3. The number of primary amides is 1. The monoisotopic (exact) mass is 282 g/mol. The van der Waals surface area contributed by atoms with Crippen LogP contribution in [0, 0.1) is 23.7 Å². The van der Waals surface area contributed by atoms with Gasteiger partial charge in [-0.25, -0.2) is 0 Å². The van der Waals surface area contributed by atoms with Gasteiger partial charge in [0.05, 0.1) is 17.5 Å². The molecule has 2 aliphatic carbocycles. The first kappa shape index (κ1) is 12.3. The maximum absolute atomic E-state index is 12.6. The van der Waals surface area contributed by atoms with Crippen LogP contribution in [0.3, 0.4) is 0 Å². The standard InChI is InChI=1S/C16H14N2O3/c17-14(19)8-3-5-11(6-4-8)18-15(20)12-9-1-2-10(7-9)13(12)16(18)21/h1-6,9-10,12-13H,7H2,(H2,17,19)/t9-,10+,12-,13+. The minimum atomic E-state index is -0.528. The van der Waals surface area contributed by atoms with Gasteiger partial charge in [-0.1, -0.05) is 12.2 Å². The van der Waals surface area contributed by atoms with Gasteiger partial charge in [-0.15, -0.1) is 0 Å². The Hall–Kier alpha value is -2.43. The molecule has 5 heteroatoms. The minimum Gasteiger partial charge on any atom is -0.366 e. The molecular weight excluding hydrogens is 268 g/mol. The normalized spacial score (nSPS) is 32.9. The van der Waals surface area contributed by atoms with Gasteiger partial charge in [0.25, 0.3) is 0 Å². The number of hydrogen-bond acceptors (Lipinski definition) is 3. The van der Waals surface area contributed by atoms with Crippen molar-refractivity contribution in [1.82, 2.24) is 0 Å². The third-order valence-electron chi connectivity index (χ3n) is 4.88. The van der Waals surface area contributed by atoms with Crippen LogP contribution in [0.15, 0.2) is 36.4 Å². The Morgan fingerprint density at radius 1 is 1.00 bits per heavy atom. The summed E-state index contributed by atoms with van der Waals surface area (Å²) in [6, 6.07) is 6.29.